The topological polar surface area (TPSA) is 86.8 Å². The lowest BCUT2D eigenvalue weighted by Gasteiger charge is -2.41. The van der Waals surface area contributed by atoms with Crippen molar-refractivity contribution in [3.05, 3.63) is 0 Å². The predicted octanol–water partition coefficient (Wildman–Crippen LogP) is -0.648. The minimum atomic E-state index is -3.22. The minimum absolute atomic E-state index is 0.0118. The average Bonchev–Trinajstić information content (AvgIpc) is 2.56. The van der Waals surface area contributed by atoms with Crippen molar-refractivity contribution >= 4 is 22.0 Å². The summed E-state index contributed by atoms with van der Waals surface area (Å²) >= 11 is 0. The van der Waals surface area contributed by atoms with Gasteiger partial charge in [-0.25, -0.2) is 13.2 Å². The highest BCUT2D eigenvalue weighted by atomic mass is 32.2. The van der Waals surface area contributed by atoms with E-state index in [1.165, 1.54) is 4.31 Å². The molecule has 0 aliphatic carbocycles. The molecule has 0 aromatic heterocycles. The molecule has 8 heteroatoms. The molecular formula is C10H17N3O4S. The quantitative estimate of drug-likeness (QED) is 0.676. The average molecular weight is 275 g/mol. The predicted molar refractivity (Wildman–Crippen MR) is 64.3 cm³/mol. The number of carbonyl (C=O) groups is 2. The highest BCUT2D eigenvalue weighted by Crippen LogP contribution is 2.21. The van der Waals surface area contributed by atoms with Crippen molar-refractivity contribution in [1.29, 1.82) is 0 Å². The largest absolute Gasteiger partial charge is 0.329 e. The maximum atomic E-state index is 11.8. The number of amides is 3. The second-order valence-electron chi connectivity index (χ2n) is 4.56. The Hall–Kier alpha value is -1.15. The zero-order valence-corrected chi connectivity index (χ0v) is 11.1. The van der Waals surface area contributed by atoms with Gasteiger partial charge in [-0.1, -0.05) is 13.3 Å². The molecule has 0 atom stereocenters. The summed E-state index contributed by atoms with van der Waals surface area (Å²) in [5.41, 5.74) is 0. The highest BCUT2D eigenvalue weighted by molar-refractivity contribution is 7.89. The van der Waals surface area contributed by atoms with Crippen molar-refractivity contribution in [1.82, 2.24) is 14.5 Å². The Bertz CT molecular complexity index is 440. The van der Waals surface area contributed by atoms with E-state index in [1.807, 2.05) is 6.92 Å². The maximum Gasteiger partial charge on any atom is 0.324 e. The number of nitrogens with one attached hydrogen (secondary N) is 1. The molecule has 2 fully saturated rings. The Morgan fingerprint density at radius 1 is 1.33 bits per heavy atom. The van der Waals surface area contributed by atoms with Crippen LogP contribution in [0.15, 0.2) is 0 Å². The van der Waals surface area contributed by atoms with Gasteiger partial charge in [0.15, 0.2) is 0 Å². The van der Waals surface area contributed by atoms with Gasteiger partial charge in [-0.05, 0) is 6.42 Å². The fraction of sp³-hybridized carbons (Fsp3) is 0.800. The second kappa shape index (κ2) is 4.85. The Balaban J connectivity index is 1.90. The fourth-order valence-corrected chi connectivity index (χ4v) is 3.78. The van der Waals surface area contributed by atoms with Crippen LogP contribution in [0.25, 0.3) is 0 Å². The van der Waals surface area contributed by atoms with E-state index < -0.39 is 16.1 Å². The number of unbranched alkanes of at least 4 members (excludes halogenated alkanes) is 1. The van der Waals surface area contributed by atoms with Crippen LogP contribution in [0.4, 0.5) is 4.79 Å². The molecule has 0 radical (unpaired) electrons. The van der Waals surface area contributed by atoms with Crippen molar-refractivity contribution in [2.24, 2.45) is 0 Å². The van der Waals surface area contributed by atoms with Crippen LogP contribution in [0, 0.1) is 0 Å². The van der Waals surface area contributed by atoms with Gasteiger partial charge in [0.1, 0.15) is 0 Å². The third-order valence-electron chi connectivity index (χ3n) is 3.22. The summed E-state index contributed by atoms with van der Waals surface area (Å²) < 4.78 is 25.0. The standard InChI is InChI=1S/C10H17N3O4S/c1-2-3-4-18(16,17)12-6-8(7-12)13-9(14)5-11-10(13)15/h8H,2-7H2,1H3,(H,11,15). The molecule has 0 aromatic carbocycles. The van der Waals surface area contributed by atoms with Crippen LogP contribution in [0.1, 0.15) is 19.8 Å². The van der Waals surface area contributed by atoms with Crippen molar-refractivity contribution in [3.63, 3.8) is 0 Å². The summed E-state index contributed by atoms with van der Waals surface area (Å²) in [5, 5.41) is 2.43. The first-order valence-corrected chi connectivity index (χ1v) is 7.64. The molecule has 7 nitrogen and oxygen atoms in total. The maximum absolute atomic E-state index is 11.8. The van der Waals surface area contributed by atoms with Crippen LogP contribution in [0.2, 0.25) is 0 Å². The number of imide groups is 1. The van der Waals surface area contributed by atoms with E-state index in [1.54, 1.807) is 0 Å². The third kappa shape index (κ3) is 2.35. The number of hydrogen-bond acceptors (Lipinski definition) is 4. The van der Waals surface area contributed by atoms with Crippen LogP contribution in [0.3, 0.4) is 0 Å². The van der Waals surface area contributed by atoms with E-state index in [0.717, 1.165) is 11.3 Å². The molecule has 102 valence electrons. The van der Waals surface area contributed by atoms with Gasteiger partial charge >= 0.3 is 6.03 Å². The molecule has 0 saturated carbocycles. The summed E-state index contributed by atoms with van der Waals surface area (Å²) in [6.45, 7) is 2.40. The van der Waals surface area contributed by atoms with E-state index >= 15 is 0 Å². The molecule has 3 amide bonds. The van der Waals surface area contributed by atoms with Gasteiger partial charge in [0.2, 0.25) is 15.9 Å². The van der Waals surface area contributed by atoms with Crippen LogP contribution >= 0.6 is 0 Å². The number of carbonyl (C=O) groups excluding carboxylic acids is 2. The first-order valence-electron chi connectivity index (χ1n) is 6.03. The van der Waals surface area contributed by atoms with Gasteiger partial charge < -0.3 is 5.32 Å². The van der Waals surface area contributed by atoms with Gasteiger partial charge in [0.25, 0.3) is 0 Å². The minimum Gasteiger partial charge on any atom is -0.329 e. The lowest BCUT2D eigenvalue weighted by Crippen LogP contribution is -2.62. The Morgan fingerprint density at radius 3 is 2.50 bits per heavy atom. The van der Waals surface area contributed by atoms with E-state index in [4.69, 9.17) is 0 Å². The normalized spacial score (nSPS) is 22.2. The molecular weight excluding hydrogens is 258 g/mol. The van der Waals surface area contributed by atoms with Crippen molar-refractivity contribution < 1.29 is 18.0 Å². The summed E-state index contributed by atoms with van der Waals surface area (Å²) in [5.74, 6) is -0.147. The van der Waals surface area contributed by atoms with Crippen molar-refractivity contribution in [2.75, 3.05) is 25.4 Å². The molecule has 0 spiro atoms. The van der Waals surface area contributed by atoms with E-state index in [9.17, 15) is 18.0 Å². The number of sulfonamides is 1. The first-order chi connectivity index (χ1) is 8.45. The lowest BCUT2D eigenvalue weighted by atomic mass is 10.1. The molecule has 0 unspecified atom stereocenters. The molecule has 0 aromatic rings. The summed E-state index contributed by atoms with van der Waals surface area (Å²) in [7, 11) is -3.22. The van der Waals surface area contributed by atoms with Gasteiger partial charge in [-0.3, -0.25) is 9.69 Å². The van der Waals surface area contributed by atoms with Crippen LogP contribution < -0.4 is 5.32 Å². The summed E-state index contributed by atoms with van der Waals surface area (Å²) in [6, 6.07) is -0.730. The second-order valence-corrected chi connectivity index (χ2v) is 6.65. The van der Waals surface area contributed by atoms with Crippen LogP contribution in [-0.4, -0.2) is 61.0 Å². The van der Waals surface area contributed by atoms with Crippen molar-refractivity contribution in [2.45, 2.75) is 25.8 Å². The molecule has 2 aliphatic rings. The monoisotopic (exact) mass is 275 g/mol. The molecule has 2 aliphatic heterocycles. The van der Waals surface area contributed by atoms with E-state index in [0.29, 0.717) is 6.42 Å². The number of hydrogen-bond donors (Lipinski definition) is 1. The van der Waals surface area contributed by atoms with Gasteiger partial charge in [0, 0.05) is 13.1 Å². The molecule has 2 heterocycles. The Labute approximate surface area is 106 Å². The smallest absolute Gasteiger partial charge is 0.324 e. The molecule has 2 saturated heterocycles. The number of urea groups is 1. The van der Waals surface area contributed by atoms with E-state index in [-0.39, 0.29) is 37.3 Å². The molecule has 18 heavy (non-hydrogen) atoms. The van der Waals surface area contributed by atoms with Crippen LogP contribution in [-0.2, 0) is 14.8 Å². The molecule has 1 N–H and O–H groups in total. The van der Waals surface area contributed by atoms with Gasteiger partial charge in [-0.2, -0.15) is 4.31 Å². The number of rotatable bonds is 5. The summed E-state index contributed by atoms with van der Waals surface area (Å²) in [4.78, 5) is 23.9. The summed E-state index contributed by atoms with van der Waals surface area (Å²) in [6.07, 6.45) is 1.45. The van der Waals surface area contributed by atoms with Crippen LogP contribution in [0.5, 0.6) is 0 Å². The third-order valence-corrected chi connectivity index (χ3v) is 5.11. The molecule has 0 bridgehead atoms. The van der Waals surface area contributed by atoms with Gasteiger partial charge in [0.05, 0.1) is 18.3 Å². The SMILES string of the molecule is CCCCS(=O)(=O)N1CC(N2C(=O)CNC2=O)C1. The Kier molecular flexibility index (Phi) is 3.58. The fourth-order valence-electron chi connectivity index (χ4n) is 2.07. The zero-order chi connectivity index (χ0) is 13.3. The van der Waals surface area contributed by atoms with Gasteiger partial charge in [-0.15, -0.1) is 0 Å². The first kappa shape index (κ1) is 13.3. The van der Waals surface area contributed by atoms with Crippen molar-refractivity contribution in [3.8, 4) is 0 Å². The highest BCUT2D eigenvalue weighted by Gasteiger charge is 2.44. The lowest BCUT2D eigenvalue weighted by molar-refractivity contribution is -0.128. The van der Waals surface area contributed by atoms with E-state index in [2.05, 4.69) is 5.32 Å². The number of nitrogens with zero attached hydrogens (tertiary/aromatic N) is 2. The zero-order valence-electron chi connectivity index (χ0n) is 10.3. The molecule has 2 rings (SSSR count). The Morgan fingerprint density at radius 2 is 2.00 bits per heavy atom.